The minimum absolute atomic E-state index is 0.0712. The normalized spacial score (nSPS) is 14.4. The number of sulfonamides is 1. The number of anilines is 1. The summed E-state index contributed by atoms with van der Waals surface area (Å²) in [5.74, 6) is -0.687. The first-order chi connectivity index (χ1) is 19.5. The predicted molar refractivity (Wildman–Crippen MR) is 170 cm³/mol. The van der Waals surface area contributed by atoms with Gasteiger partial charge in [0.25, 0.3) is 0 Å². The molecule has 1 N–H and O–H groups in total. The Kier molecular flexibility index (Phi) is 10.7. The van der Waals surface area contributed by atoms with Crippen molar-refractivity contribution in [3.8, 4) is 0 Å². The fourth-order valence-corrected chi connectivity index (χ4v) is 6.69. The molecule has 4 rings (SSSR count). The van der Waals surface area contributed by atoms with Crippen molar-refractivity contribution in [1.29, 1.82) is 0 Å². The third-order valence-electron chi connectivity index (χ3n) is 7.32. The molecule has 1 fully saturated rings. The monoisotopic (exact) mass is 703 g/mol. The molecule has 41 heavy (non-hydrogen) atoms. The van der Waals surface area contributed by atoms with E-state index in [-0.39, 0.29) is 18.5 Å². The van der Waals surface area contributed by atoms with E-state index in [9.17, 15) is 18.0 Å². The molecule has 10 heteroatoms. The van der Waals surface area contributed by atoms with Gasteiger partial charge in [0.05, 0.1) is 11.9 Å². The van der Waals surface area contributed by atoms with Crippen LogP contribution in [0.5, 0.6) is 0 Å². The zero-order chi connectivity index (χ0) is 29.6. The number of rotatable bonds is 11. The van der Waals surface area contributed by atoms with Crippen LogP contribution in [0.1, 0.15) is 42.4 Å². The largest absolute Gasteiger partial charge is 0.352 e. The van der Waals surface area contributed by atoms with Crippen molar-refractivity contribution >= 4 is 59.4 Å². The van der Waals surface area contributed by atoms with Crippen molar-refractivity contribution in [2.24, 2.45) is 0 Å². The van der Waals surface area contributed by atoms with E-state index < -0.39 is 28.5 Å². The Morgan fingerprint density at radius 3 is 2.27 bits per heavy atom. The lowest BCUT2D eigenvalue weighted by Crippen LogP contribution is -2.54. The molecule has 1 unspecified atom stereocenters. The third-order valence-corrected chi connectivity index (χ3v) is 9.85. The SMILES string of the molecule is Cc1cc(N(CC(=O)N(Cc2cccc(Br)c2)C(Cc2ccccc2)C(=O)NC2CCCC2)S(C)(=O)=O)ccc1Br. The van der Waals surface area contributed by atoms with Crippen molar-refractivity contribution in [2.75, 3.05) is 17.1 Å². The van der Waals surface area contributed by atoms with E-state index >= 15 is 0 Å². The Hall–Kier alpha value is -2.69. The van der Waals surface area contributed by atoms with E-state index in [4.69, 9.17) is 0 Å². The van der Waals surface area contributed by atoms with Crippen LogP contribution in [0.3, 0.4) is 0 Å². The summed E-state index contributed by atoms with van der Waals surface area (Å²) < 4.78 is 28.7. The van der Waals surface area contributed by atoms with Crippen LogP contribution in [0.15, 0.2) is 81.7 Å². The molecular weight excluding hydrogens is 670 g/mol. The van der Waals surface area contributed by atoms with Crippen LogP contribution in [0.2, 0.25) is 0 Å². The van der Waals surface area contributed by atoms with Crippen molar-refractivity contribution in [3.05, 3.63) is 98.4 Å². The lowest BCUT2D eigenvalue weighted by Gasteiger charge is -2.34. The van der Waals surface area contributed by atoms with Crippen molar-refractivity contribution in [2.45, 2.75) is 57.7 Å². The molecule has 0 saturated heterocycles. The third kappa shape index (κ3) is 8.66. The number of carbonyl (C=O) groups excluding carboxylic acids is 2. The quantitative estimate of drug-likeness (QED) is 0.266. The number of benzene rings is 3. The first-order valence-electron chi connectivity index (χ1n) is 13.6. The van der Waals surface area contributed by atoms with E-state index in [1.54, 1.807) is 18.2 Å². The van der Waals surface area contributed by atoms with Gasteiger partial charge in [0.2, 0.25) is 21.8 Å². The smallest absolute Gasteiger partial charge is 0.244 e. The number of halogens is 2. The molecule has 3 aromatic rings. The second-order valence-electron chi connectivity index (χ2n) is 10.6. The van der Waals surface area contributed by atoms with Crippen molar-refractivity contribution < 1.29 is 18.0 Å². The average molecular weight is 706 g/mol. The number of amides is 2. The van der Waals surface area contributed by atoms with Gasteiger partial charge >= 0.3 is 0 Å². The van der Waals surface area contributed by atoms with E-state index in [0.29, 0.717) is 12.1 Å². The first kappa shape index (κ1) is 31.3. The maximum absolute atomic E-state index is 14.2. The zero-order valence-electron chi connectivity index (χ0n) is 23.2. The highest BCUT2D eigenvalue weighted by molar-refractivity contribution is 9.10. The summed E-state index contributed by atoms with van der Waals surface area (Å²) in [5.41, 5.74) is 2.96. The molecular formula is C31H35Br2N3O4S. The highest BCUT2D eigenvalue weighted by atomic mass is 79.9. The van der Waals surface area contributed by atoms with E-state index in [1.807, 2.05) is 61.5 Å². The zero-order valence-corrected chi connectivity index (χ0v) is 27.2. The maximum Gasteiger partial charge on any atom is 0.244 e. The van der Waals surface area contributed by atoms with Crippen molar-refractivity contribution in [1.82, 2.24) is 10.2 Å². The molecule has 1 saturated carbocycles. The highest BCUT2D eigenvalue weighted by Crippen LogP contribution is 2.26. The van der Waals surface area contributed by atoms with E-state index in [2.05, 4.69) is 37.2 Å². The number of nitrogens with zero attached hydrogens (tertiary/aromatic N) is 2. The van der Waals surface area contributed by atoms with Gasteiger partial charge in [0, 0.05) is 28.0 Å². The molecule has 3 aromatic carbocycles. The van der Waals surface area contributed by atoms with Gasteiger partial charge in [0.15, 0.2) is 0 Å². The van der Waals surface area contributed by atoms with Crippen molar-refractivity contribution in [3.63, 3.8) is 0 Å². The summed E-state index contributed by atoms with van der Waals surface area (Å²) in [7, 11) is -3.82. The average Bonchev–Trinajstić information content (AvgIpc) is 3.44. The number of nitrogens with one attached hydrogen (secondary N) is 1. The molecule has 0 radical (unpaired) electrons. The Morgan fingerprint density at radius 2 is 1.63 bits per heavy atom. The lowest BCUT2D eigenvalue weighted by molar-refractivity contribution is -0.140. The van der Waals surface area contributed by atoms with Gasteiger partial charge < -0.3 is 10.2 Å². The Bertz CT molecular complexity index is 1480. The summed E-state index contributed by atoms with van der Waals surface area (Å²) in [5, 5.41) is 3.18. The van der Waals surface area contributed by atoms with Gasteiger partial charge in [0.1, 0.15) is 12.6 Å². The van der Waals surface area contributed by atoms with Gasteiger partial charge in [-0.05, 0) is 66.8 Å². The van der Waals surface area contributed by atoms with Gasteiger partial charge in [-0.1, -0.05) is 87.2 Å². The molecule has 0 aliphatic heterocycles. The Balaban J connectivity index is 1.73. The van der Waals surface area contributed by atoms with Gasteiger partial charge in [-0.2, -0.15) is 0 Å². The maximum atomic E-state index is 14.2. The minimum Gasteiger partial charge on any atom is -0.352 e. The summed E-state index contributed by atoms with van der Waals surface area (Å²) in [6.07, 6.45) is 5.33. The van der Waals surface area contributed by atoms with Crippen LogP contribution in [0.25, 0.3) is 0 Å². The minimum atomic E-state index is -3.82. The van der Waals surface area contributed by atoms with Crippen LogP contribution in [0, 0.1) is 6.92 Å². The Labute approximate surface area is 259 Å². The van der Waals surface area contributed by atoms with Gasteiger partial charge in [-0.25, -0.2) is 8.42 Å². The van der Waals surface area contributed by atoms with Crippen LogP contribution in [0.4, 0.5) is 5.69 Å². The van der Waals surface area contributed by atoms with E-state index in [1.165, 1.54) is 4.90 Å². The molecule has 218 valence electrons. The molecule has 2 amide bonds. The first-order valence-corrected chi connectivity index (χ1v) is 17.1. The molecule has 7 nitrogen and oxygen atoms in total. The van der Waals surface area contributed by atoms with Crippen LogP contribution < -0.4 is 9.62 Å². The summed E-state index contributed by atoms with van der Waals surface area (Å²) in [6.45, 7) is 1.57. The highest BCUT2D eigenvalue weighted by Gasteiger charge is 2.34. The van der Waals surface area contributed by atoms with Crippen LogP contribution >= 0.6 is 31.9 Å². The second-order valence-corrected chi connectivity index (χ2v) is 14.2. The molecule has 0 spiro atoms. The predicted octanol–water partition coefficient (Wildman–Crippen LogP) is 5.98. The Morgan fingerprint density at radius 1 is 0.951 bits per heavy atom. The fourth-order valence-electron chi connectivity index (χ4n) is 5.15. The number of aryl methyl sites for hydroxylation is 1. The summed E-state index contributed by atoms with van der Waals surface area (Å²) >= 11 is 6.96. The lowest BCUT2D eigenvalue weighted by atomic mass is 10.0. The topological polar surface area (TPSA) is 86.8 Å². The van der Waals surface area contributed by atoms with Crippen LogP contribution in [-0.2, 0) is 32.6 Å². The molecule has 0 heterocycles. The van der Waals surface area contributed by atoms with Gasteiger partial charge in [-0.3, -0.25) is 13.9 Å². The molecule has 0 bridgehead atoms. The molecule has 1 atom stereocenters. The second kappa shape index (κ2) is 14.0. The standard InChI is InChI=1S/C31H35Br2N3O4S/c1-22-17-27(15-16-28(22)33)36(41(2,39)40)21-30(37)35(20-24-11-8-12-25(32)18-24)29(19-23-9-4-3-5-10-23)31(38)34-26-13-6-7-14-26/h3-5,8-12,15-18,26,29H,6-7,13-14,19-21H2,1-2H3,(H,34,38). The molecule has 0 aromatic heterocycles. The van der Waals surface area contributed by atoms with E-state index in [0.717, 1.165) is 61.9 Å². The molecule has 1 aliphatic rings. The molecule has 1 aliphatic carbocycles. The summed E-state index contributed by atoms with van der Waals surface area (Å²) in [4.78, 5) is 29.6. The number of hydrogen-bond donors (Lipinski definition) is 1. The fraction of sp³-hybridized carbons (Fsp3) is 0.355. The summed E-state index contributed by atoms with van der Waals surface area (Å²) in [6, 6.07) is 21.6. The number of carbonyl (C=O) groups is 2. The van der Waals surface area contributed by atoms with Crippen LogP contribution in [-0.4, -0.2) is 50.0 Å². The van der Waals surface area contributed by atoms with Gasteiger partial charge in [-0.15, -0.1) is 0 Å². The number of hydrogen-bond acceptors (Lipinski definition) is 4.